The van der Waals surface area contributed by atoms with Crippen molar-refractivity contribution in [2.24, 2.45) is 0 Å². The summed E-state index contributed by atoms with van der Waals surface area (Å²) in [6.07, 6.45) is 2.75. The summed E-state index contributed by atoms with van der Waals surface area (Å²) >= 11 is 0. The highest BCUT2D eigenvalue weighted by atomic mass is 31.2. The quantitative estimate of drug-likeness (QED) is 0.398. The largest absolute Gasteiger partial charge is 0.524 e. The molecular formula is C19H22NO9P. The smallest absolute Gasteiger partial charge is 0.496 e. The fourth-order valence-corrected chi connectivity index (χ4v) is 2.89. The number of hydrogen-bond donors (Lipinski definition) is 3. The first-order valence-corrected chi connectivity index (χ1v) is 9.96. The molecule has 11 heteroatoms. The third-order valence-corrected chi connectivity index (χ3v) is 4.24. The maximum absolute atomic E-state index is 12.3. The lowest BCUT2D eigenvalue weighted by Gasteiger charge is -2.13. The molecule has 2 aromatic carbocycles. The van der Waals surface area contributed by atoms with Crippen LogP contribution in [0.1, 0.15) is 5.56 Å². The predicted molar refractivity (Wildman–Crippen MR) is 109 cm³/mol. The highest BCUT2D eigenvalue weighted by Gasteiger charge is 2.19. The van der Waals surface area contributed by atoms with Gasteiger partial charge in [-0.1, -0.05) is 0 Å². The van der Waals surface area contributed by atoms with E-state index in [0.717, 1.165) is 0 Å². The lowest BCUT2D eigenvalue weighted by atomic mass is 10.1. The van der Waals surface area contributed by atoms with Crippen LogP contribution in [0.4, 0.5) is 5.69 Å². The van der Waals surface area contributed by atoms with Gasteiger partial charge in [-0.2, -0.15) is 0 Å². The van der Waals surface area contributed by atoms with Crippen LogP contribution in [0, 0.1) is 0 Å². The fraction of sp³-hybridized carbons (Fsp3) is 0.211. The molecule has 0 bridgehead atoms. The van der Waals surface area contributed by atoms with Gasteiger partial charge in [0.25, 0.3) is 0 Å². The first-order valence-electron chi connectivity index (χ1n) is 8.43. The first kappa shape index (κ1) is 23.1. The number of rotatable bonds is 9. The Bertz CT molecular complexity index is 959. The Morgan fingerprint density at radius 1 is 0.900 bits per heavy atom. The summed E-state index contributed by atoms with van der Waals surface area (Å²) in [5.41, 5.74) is 0.763. The van der Waals surface area contributed by atoms with E-state index in [2.05, 4.69) is 9.84 Å². The van der Waals surface area contributed by atoms with Crippen molar-refractivity contribution in [2.45, 2.75) is 0 Å². The zero-order valence-corrected chi connectivity index (χ0v) is 17.6. The highest BCUT2D eigenvalue weighted by molar-refractivity contribution is 7.46. The molecule has 2 aromatic rings. The van der Waals surface area contributed by atoms with Crippen molar-refractivity contribution in [3.63, 3.8) is 0 Å². The molecule has 0 spiro atoms. The number of amides is 1. The van der Waals surface area contributed by atoms with Crippen LogP contribution in [0.3, 0.4) is 0 Å². The SMILES string of the molecule is COc1cc(OC)c(/C=C/C(=O)Nc2ccc(OC)c(OP(=O)(O)O)c2)c(OC)c1. The summed E-state index contributed by atoms with van der Waals surface area (Å²) in [4.78, 5) is 30.4. The molecule has 0 aromatic heterocycles. The number of methoxy groups -OCH3 is 4. The molecule has 30 heavy (non-hydrogen) atoms. The van der Waals surface area contributed by atoms with Crippen LogP contribution in [0.2, 0.25) is 0 Å². The van der Waals surface area contributed by atoms with Gasteiger partial charge >= 0.3 is 7.82 Å². The van der Waals surface area contributed by atoms with E-state index < -0.39 is 13.7 Å². The Labute approximate surface area is 173 Å². The topological polar surface area (TPSA) is 133 Å². The number of ether oxygens (including phenoxy) is 4. The van der Waals surface area contributed by atoms with Crippen molar-refractivity contribution in [1.29, 1.82) is 0 Å². The van der Waals surface area contributed by atoms with Crippen molar-refractivity contribution in [3.8, 4) is 28.7 Å². The van der Waals surface area contributed by atoms with Gasteiger partial charge in [-0.15, -0.1) is 0 Å². The molecule has 0 saturated carbocycles. The second-order valence-corrected chi connectivity index (χ2v) is 6.88. The minimum atomic E-state index is -4.80. The van der Waals surface area contributed by atoms with Gasteiger partial charge in [-0.25, -0.2) is 4.57 Å². The first-order chi connectivity index (χ1) is 14.2. The van der Waals surface area contributed by atoms with Gasteiger partial charge < -0.3 is 28.8 Å². The molecule has 0 radical (unpaired) electrons. The Morgan fingerprint density at radius 3 is 2.00 bits per heavy atom. The van der Waals surface area contributed by atoms with E-state index in [9.17, 15) is 9.36 Å². The van der Waals surface area contributed by atoms with Crippen molar-refractivity contribution in [3.05, 3.63) is 42.0 Å². The number of benzene rings is 2. The number of carbonyl (C=O) groups excluding carboxylic acids is 1. The van der Waals surface area contributed by atoms with Gasteiger partial charge in [0.1, 0.15) is 17.2 Å². The van der Waals surface area contributed by atoms with Gasteiger partial charge in [0.05, 0.1) is 34.0 Å². The average molecular weight is 439 g/mol. The standard InChI is InChI=1S/C19H22NO9P/c1-25-13-10-16(27-3)14(17(11-13)28-4)6-8-19(21)20-12-5-7-15(26-2)18(9-12)29-30(22,23)24/h5-11H,1-4H3,(H,20,21)(H2,22,23,24)/b8-6+. The summed E-state index contributed by atoms with van der Waals surface area (Å²) in [6.45, 7) is 0. The third kappa shape index (κ3) is 6.15. The number of carbonyl (C=O) groups is 1. The van der Waals surface area contributed by atoms with Crippen LogP contribution in [-0.2, 0) is 9.36 Å². The van der Waals surface area contributed by atoms with Crippen molar-refractivity contribution in [1.82, 2.24) is 0 Å². The Kier molecular flexibility index (Phi) is 7.71. The molecule has 0 unspecified atom stereocenters. The average Bonchev–Trinajstić information content (AvgIpc) is 2.70. The van der Waals surface area contributed by atoms with Crippen LogP contribution in [-0.4, -0.2) is 44.1 Å². The lowest BCUT2D eigenvalue weighted by Crippen LogP contribution is -2.08. The summed E-state index contributed by atoms with van der Waals surface area (Å²) in [6, 6.07) is 7.42. The second kappa shape index (κ2) is 10.0. The lowest BCUT2D eigenvalue weighted by molar-refractivity contribution is -0.111. The van der Waals surface area contributed by atoms with Crippen LogP contribution in [0.15, 0.2) is 36.4 Å². The van der Waals surface area contributed by atoms with Crippen LogP contribution < -0.4 is 28.8 Å². The number of phosphoric acid groups is 1. The van der Waals surface area contributed by atoms with Gasteiger partial charge in [0, 0.05) is 30.0 Å². The number of hydrogen-bond acceptors (Lipinski definition) is 7. The zero-order chi connectivity index (χ0) is 22.3. The van der Waals surface area contributed by atoms with Crippen molar-refractivity contribution in [2.75, 3.05) is 33.8 Å². The van der Waals surface area contributed by atoms with Crippen LogP contribution in [0.25, 0.3) is 6.08 Å². The molecule has 10 nitrogen and oxygen atoms in total. The number of phosphoric ester groups is 1. The second-order valence-electron chi connectivity index (χ2n) is 5.72. The minimum Gasteiger partial charge on any atom is -0.496 e. The summed E-state index contributed by atoms with van der Waals surface area (Å²) < 4.78 is 36.5. The highest BCUT2D eigenvalue weighted by Crippen LogP contribution is 2.43. The maximum atomic E-state index is 12.3. The summed E-state index contributed by atoms with van der Waals surface area (Å²) in [5.74, 6) is 0.781. The van der Waals surface area contributed by atoms with Gasteiger partial charge in [-0.3, -0.25) is 14.6 Å². The third-order valence-electron chi connectivity index (χ3n) is 3.80. The predicted octanol–water partition coefficient (Wildman–Crippen LogP) is 2.84. The molecule has 1 amide bonds. The molecule has 0 saturated heterocycles. The molecule has 3 N–H and O–H groups in total. The molecule has 0 aliphatic rings. The van der Waals surface area contributed by atoms with Gasteiger partial charge in [0.15, 0.2) is 11.5 Å². The minimum absolute atomic E-state index is 0.0968. The molecule has 0 atom stereocenters. The normalized spacial score (nSPS) is 11.1. The van der Waals surface area contributed by atoms with E-state index in [1.807, 2.05) is 0 Å². The molecule has 2 rings (SSSR count). The maximum Gasteiger partial charge on any atom is 0.524 e. The van der Waals surface area contributed by atoms with Crippen molar-refractivity contribution < 1.29 is 42.6 Å². The molecule has 0 aliphatic carbocycles. The van der Waals surface area contributed by atoms with Crippen LogP contribution >= 0.6 is 7.82 Å². The molecular weight excluding hydrogens is 417 g/mol. The Hall–Kier alpha value is -3.20. The van der Waals surface area contributed by atoms with E-state index >= 15 is 0 Å². The van der Waals surface area contributed by atoms with Crippen LogP contribution in [0.5, 0.6) is 28.7 Å². The van der Waals surface area contributed by atoms with E-state index in [1.54, 1.807) is 12.1 Å². The van der Waals surface area contributed by atoms with Crippen molar-refractivity contribution >= 4 is 25.5 Å². The number of nitrogens with one attached hydrogen (secondary N) is 1. The van der Waals surface area contributed by atoms with E-state index in [1.165, 1.54) is 58.8 Å². The van der Waals surface area contributed by atoms with E-state index in [4.69, 9.17) is 28.7 Å². The molecule has 162 valence electrons. The van der Waals surface area contributed by atoms with E-state index in [-0.39, 0.29) is 17.2 Å². The Morgan fingerprint density at radius 2 is 1.50 bits per heavy atom. The molecule has 0 heterocycles. The van der Waals surface area contributed by atoms with Gasteiger partial charge in [0.2, 0.25) is 5.91 Å². The fourth-order valence-electron chi connectivity index (χ4n) is 2.49. The van der Waals surface area contributed by atoms with Gasteiger partial charge in [-0.05, 0) is 18.2 Å². The monoisotopic (exact) mass is 439 g/mol. The molecule has 0 aliphatic heterocycles. The number of anilines is 1. The van der Waals surface area contributed by atoms with E-state index in [0.29, 0.717) is 22.8 Å². The summed E-state index contributed by atoms with van der Waals surface area (Å²) in [5, 5.41) is 2.57. The Balaban J connectivity index is 2.25. The molecule has 0 fully saturated rings. The zero-order valence-electron chi connectivity index (χ0n) is 16.7. The summed E-state index contributed by atoms with van der Waals surface area (Å²) in [7, 11) is 0.979.